The van der Waals surface area contributed by atoms with Gasteiger partial charge in [-0.25, -0.2) is 0 Å². The molecule has 0 spiro atoms. The van der Waals surface area contributed by atoms with Crippen molar-refractivity contribution in [3.63, 3.8) is 0 Å². The molecule has 1 amide bonds. The van der Waals surface area contributed by atoms with E-state index in [0.717, 1.165) is 40.7 Å². The Morgan fingerprint density at radius 2 is 1.95 bits per heavy atom. The van der Waals surface area contributed by atoms with E-state index in [-0.39, 0.29) is 17.2 Å². The second kappa shape index (κ2) is 13.4. The first-order valence-electron chi connectivity index (χ1n) is 13.0. The molecule has 4 rings (SSSR count). The Balaban J connectivity index is 1.55. The highest BCUT2D eigenvalue weighted by Crippen LogP contribution is 2.36. The maximum Gasteiger partial charge on any atom is 0.237 e. The molecule has 0 radical (unpaired) electrons. The smallest absolute Gasteiger partial charge is 0.237 e. The van der Waals surface area contributed by atoms with Crippen molar-refractivity contribution in [2.75, 3.05) is 19.8 Å². The first-order chi connectivity index (χ1) is 18.2. The van der Waals surface area contributed by atoms with E-state index < -0.39 is 35.9 Å². The van der Waals surface area contributed by atoms with Crippen LogP contribution in [0.5, 0.6) is 0 Å². The molecular formula is C26H38N4O5S3. The molecule has 2 fully saturated rings. The van der Waals surface area contributed by atoms with E-state index in [9.17, 15) is 20.1 Å². The van der Waals surface area contributed by atoms with Crippen LogP contribution in [0.1, 0.15) is 33.1 Å². The predicted molar refractivity (Wildman–Crippen MR) is 152 cm³/mol. The lowest BCUT2D eigenvalue weighted by atomic mass is 9.92. The number of hydrogen-bond donors (Lipinski definition) is 4. The lowest BCUT2D eigenvalue weighted by Crippen LogP contribution is -2.65. The van der Waals surface area contributed by atoms with Crippen LogP contribution in [-0.4, -0.2) is 103 Å². The summed E-state index contributed by atoms with van der Waals surface area (Å²) in [6.45, 7) is 4.97. The van der Waals surface area contributed by atoms with Crippen molar-refractivity contribution in [3.05, 3.63) is 30.3 Å². The molecule has 9 atom stereocenters. The number of benzene rings is 1. The third-order valence-electron chi connectivity index (χ3n) is 7.36. The zero-order valence-corrected chi connectivity index (χ0v) is 24.6. The van der Waals surface area contributed by atoms with Gasteiger partial charge in [-0.15, -0.1) is 22.0 Å². The molecule has 38 heavy (non-hydrogen) atoms. The lowest BCUT2D eigenvalue weighted by Gasteiger charge is -2.44. The summed E-state index contributed by atoms with van der Waals surface area (Å²) in [5.41, 5.74) is 0.246. The van der Waals surface area contributed by atoms with E-state index in [1.165, 1.54) is 34.9 Å². The van der Waals surface area contributed by atoms with Crippen LogP contribution in [0.3, 0.4) is 0 Å². The molecule has 2 aliphatic heterocycles. The van der Waals surface area contributed by atoms with Crippen molar-refractivity contribution in [2.24, 2.45) is 5.92 Å². The number of likely N-dealkylation sites (N-methyl/N-ethyl adjacent to an activating group) is 1. The van der Waals surface area contributed by atoms with Crippen molar-refractivity contribution in [1.29, 1.82) is 0 Å². The van der Waals surface area contributed by atoms with Gasteiger partial charge in [0.05, 0.1) is 12.1 Å². The number of rotatable bonds is 10. The number of aliphatic hydroxyl groups is 3. The molecule has 4 N–H and O–H groups in total. The molecule has 12 heteroatoms. The average Bonchev–Trinajstić information content (AvgIpc) is 3.53. The van der Waals surface area contributed by atoms with E-state index >= 15 is 0 Å². The predicted octanol–water partition coefficient (Wildman–Crippen LogP) is 2.46. The summed E-state index contributed by atoms with van der Waals surface area (Å²) < 4.78 is 6.83. The monoisotopic (exact) mass is 582 g/mol. The highest BCUT2D eigenvalue weighted by Gasteiger charge is 2.49. The molecule has 210 valence electrons. The van der Waals surface area contributed by atoms with Gasteiger partial charge < -0.3 is 25.4 Å². The zero-order valence-electron chi connectivity index (χ0n) is 22.1. The van der Waals surface area contributed by atoms with Gasteiger partial charge in [-0.2, -0.15) is 0 Å². The minimum Gasteiger partial charge on any atom is -0.388 e. The number of ether oxygens (including phenoxy) is 1. The molecule has 3 heterocycles. The molecule has 2 saturated heterocycles. The van der Waals surface area contributed by atoms with Crippen LogP contribution in [0.15, 0.2) is 34.7 Å². The van der Waals surface area contributed by atoms with Crippen LogP contribution in [0.2, 0.25) is 0 Å². The Morgan fingerprint density at radius 1 is 1.21 bits per heavy atom. The molecule has 0 unspecified atom stereocenters. The van der Waals surface area contributed by atoms with Crippen LogP contribution >= 0.6 is 34.9 Å². The van der Waals surface area contributed by atoms with E-state index in [0.29, 0.717) is 5.92 Å². The number of nitrogens with zero attached hydrogens (tertiary/aromatic N) is 3. The van der Waals surface area contributed by atoms with E-state index in [1.54, 1.807) is 6.26 Å². The third-order valence-corrected chi connectivity index (χ3v) is 10.5. The first kappa shape index (κ1) is 29.7. The maximum atomic E-state index is 13.6. The number of nitrogens with one attached hydrogen (secondary N) is 1. The van der Waals surface area contributed by atoms with Gasteiger partial charge in [0.2, 0.25) is 5.91 Å². The molecule has 1 aromatic heterocycles. The molecule has 0 bridgehead atoms. The normalized spacial score (nSPS) is 31.7. The Morgan fingerprint density at radius 3 is 2.63 bits per heavy atom. The zero-order chi connectivity index (χ0) is 27.4. The van der Waals surface area contributed by atoms with Gasteiger partial charge in [-0.1, -0.05) is 73.7 Å². The molecule has 2 aliphatic rings. The van der Waals surface area contributed by atoms with E-state index in [1.807, 2.05) is 44.3 Å². The van der Waals surface area contributed by atoms with Crippen molar-refractivity contribution < 1.29 is 24.9 Å². The van der Waals surface area contributed by atoms with Crippen molar-refractivity contribution in [1.82, 2.24) is 20.4 Å². The van der Waals surface area contributed by atoms with Crippen molar-refractivity contribution in [2.45, 2.75) is 84.6 Å². The van der Waals surface area contributed by atoms with E-state index in [4.69, 9.17) is 4.74 Å². The summed E-state index contributed by atoms with van der Waals surface area (Å²) in [5.74, 6) is 0.348. The Bertz CT molecular complexity index is 1040. The second-order valence-electron chi connectivity index (χ2n) is 10.1. The molecule has 9 nitrogen and oxygen atoms in total. The third kappa shape index (κ3) is 6.72. The van der Waals surface area contributed by atoms with Crippen LogP contribution in [0.4, 0.5) is 0 Å². The summed E-state index contributed by atoms with van der Waals surface area (Å²) in [6.07, 6.45) is -0.204. The number of aliphatic hydroxyl groups excluding tert-OH is 3. The quantitative estimate of drug-likeness (QED) is 0.310. The number of aromatic nitrogens is 2. The van der Waals surface area contributed by atoms with Crippen LogP contribution in [-0.2, 0) is 9.53 Å². The highest BCUT2D eigenvalue weighted by atomic mass is 32.2. The number of amides is 1. The molecule has 2 aromatic rings. The second-order valence-corrected chi connectivity index (χ2v) is 13.7. The lowest BCUT2D eigenvalue weighted by molar-refractivity contribution is -0.205. The topological polar surface area (TPSA) is 128 Å². The van der Waals surface area contributed by atoms with Gasteiger partial charge in [-0.3, -0.25) is 9.69 Å². The van der Waals surface area contributed by atoms with Crippen LogP contribution < -0.4 is 5.32 Å². The van der Waals surface area contributed by atoms with Gasteiger partial charge in [0.1, 0.15) is 34.9 Å². The number of carbonyl (C=O) groups excluding carboxylic acids is 1. The van der Waals surface area contributed by atoms with Crippen molar-refractivity contribution in [3.8, 4) is 10.6 Å². The number of likely N-dealkylation sites (tertiary alicyclic amines) is 1. The van der Waals surface area contributed by atoms with Crippen molar-refractivity contribution >= 4 is 40.8 Å². The average molecular weight is 583 g/mol. The Labute approximate surface area is 236 Å². The molecule has 0 aliphatic carbocycles. The summed E-state index contributed by atoms with van der Waals surface area (Å²) >= 11 is 4.16. The maximum absolute atomic E-state index is 13.6. The van der Waals surface area contributed by atoms with Gasteiger partial charge in [0.25, 0.3) is 0 Å². The minimum absolute atomic E-state index is 0.122. The fourth-order valence-electron chi connectivity index (χ4n) is 5.31. The first-order valence-corrected chi connectivity index (χ1v) is 16.0. The Kier molecular flexibility index (Phi) is 10.5. The fourth-order valence-corrected chi connectivity index (χ4v) is 8.23. The Hall–Kier alpha value is -1.25. The number of thioether (sulfide) groups is 2. The molecular weight excluding hydrogens is 545 g/mol. The highest BCUT2D eigenvalue weighted by molar-refractivity contribution is 8.01. The van der Waals surface area contributed by atoms with Crippen LogP contribution in [0.25, 0.3) is 10.6 Å². The SMILES string of the molecule is CCC[C@@H]1C[C@@H](C(=O)N[C@@H]([C@H]2O[C@H](SC)[C@H](O)[C@@H](O)[C@H]2O)[C@H](C)Sc2nnc(-c3ccccc3)s2)N(C)C1. The largest absolute Gasteiger partial charge is 0.388 e. The van der Waals surface area contributed by atoms with Gasteiger partial charge in [0, 0.05) is 17.4 Å². The molecule has 0 saturated carbocycles. The number of carbonyl (C=O) groups is 1. The number of hydrogen-bond acceptors (Lipinski definition) is 11. The van der Waals surface area contributed by atoms with Gasteiger partial charge >= 0.3 is 0 Å². The summed E-state index contributed by atoms with van der Waals surface area (Å²) in [4.78, 5) is 15.7. The van der Waals surface area contributed by atoms with Gasteiger partial charge in [0.15, 0.2) is 4.34 Å². The summed E-state index contributed by atoms with van der Waals surface area (Å²) in [6, 6.07) is 8.88. The summed E-state index contributed by atoms with van der Waals surface area (Å²) in [5, 5.41) is 44.3. The minimum atomic E-state index is -1.39. The van der Waals surface area contributed by atoms with Gasteiger partial charge in [-0.05, 0) is 32.1 Å². The fraction of sp³-hybridized carbons (Fsp3) is 0.654. The van der Waals surface area contributed by atoms with E-state index in [2.05, 4.69) is 27.3 Å². The molecule has 1 aromatic carbocycles. The van der Waals surface area contributed by atoms with Crippen LogP contribution in [0, 0.1) is 5.92 Å². The standard InChI is InChI=1S/C26H38N4O5S3/c1-5-9-15-12-17(30(3)13-15)23(34)27-18(22-20(32)19(31)21(33)25(35-22)36-4)14(2)37-26-29-28-24(38-26)16-10-7-6-8-11-16/h6-8,10-11,14-15,17-22,25,31-33H,5,9,12-13H2,1-4H3,(H,27,34)/t14-,15+,17-,18+,19-,20+,21+,22+,25+/m0/s1. The summed E-state index contributed by atoms with van der Waals surface area (Å²) in [7, 11) is 1.97.